The highest BCUT2D eigenvalue weighted by atomic mass is 14.2. The molecule has 0 heterocycles. The molecule has 38 heavy (non-hydrogen) atoms. The van der Waals surface area contributed by atoms with Gasteiger partial charge in [0.15, 0.2) is 0 Å². The fourth-order valence-corrected chi connectivity index (χ4v) is 6.24. The highest BCUT2D eigenvalue weighted by Crippen LogP contribution is 2.24. The zero-order valence-corrected chi connectivity index (χ0v) is 27.8. The van der Waals surface area contributed by atoms with Crippen LogP contribution in [0.5, 0.6) is 0 Å². The molecule has 2 atom stereocenters. The van der Waals surface area contributed by atoms with Crippen LogP contribution in [0.25, 0.3) is 0 Å². The molecule has 230 valence electrons. The topological polar surface area (TPSA) is 0 Å². The van der Waals surface area contributed by atoms with Gasteiger partial charge in [-0.1, -0.05) is 233 Å². The summed E-state index contributed by atoms with van der Waals surface area (Å²) in [4.78, 5) is 0. The van der Waals surface area contributed by atoms with Gasteiger partial charge in [0.05, 0.1) is 0 Å². The van der Waals surface area contributed by atoms with Crippen molar-refractivity contribution in [3.8, 4) is 0 Å². The van der Waals surface area contributed by atoms with Gasteiger partial charge in [-0.2, -0.15) is 0 Å². The maximum Gasteiger partial charge on any atom is -0.0417 e. The summed E-state index contributed by atoms with van der Waals surface area (Å²) in [5.74, 6) is 1.87. The van der Waals surface area contributed by atoms with Gasteiger partial charge in [0.25, 0.3) is 0 Å². The number of hydrogen-bond donors (Lipinski definition) is 0. The minimum absolute atomic E-state index is 0.934. The molecule has 0 aliphatic carbocycles. The van der Waals surface area contributed by atoms with E-state index in [1.54, 1.807) is 0 Å². The van der Waals surface area contributed by atoms with Crippen LogP contribution in [0.3, 0.4) is 0 Å². The van der Waals surface area contributed by atoms with Crippen LogP contribution in [0, 0.1) is 11.8 Å². The van der Waals surface area contributed by atoms with Crippen molar-refractivity contribution >= 4 is 0 Å². The van der Waals surface area contributed by atoms with E-state index in [2.05, 4.69) is 27.7 Å². The Kier molecular flexibility index (Phi) is 33.2. The molecule has 0 radical (unpaired) electrons. The summed E-state index contributed by atoms with van der Waals surface area (Å²) in [6.45, 7) is 9.67. The summed E-state index contributed by atoms with van der Waals surface area (Å²) >= 11 is 0. The lowest BCUT2D eigenvalue weighted by molar-refractivity contribution is 0.322. The summed E-state index contributed by atoms with van der Waals surface area (Å²) in [5, 5.41) is 0. The predicted octanol–water partition coefficient (Wildman–Crippen LogP) is 14.8. The molecule has 0 aromatic rings. The molecule has 0 heteroatoms. The van der Waals surface area contributed by atoms with Crippen molar-refractivity contribution in [2.24, 2.45) is 11.8 Å². The van der Waals surface area contributed by atoms with Crippen LogP contribution in [0.4, 0.5) is 0 Å². The van der Waals surface area contributed by atoms with E-state index >= 15 is 0 Å². The normalized spacial score (nSPS) is 13.3. The molecule has 0 aliphatic heterocycles. The summed E-state index contributed by atoms with van der Waals surface area (Å²) in [6.07, 6.45) is 47.1. The van der Waals surface area contributed by atoms with Gasteiger partial charge >= 0.3 is 0 Å². The average molecular weight is 535 g/mol. The van der Waals surface area contributed by atoms with Gasteiger partial charge in [0.2, 0.25) is 0 Å². The largest absolute Gasteiger partial charge is 0.0654 e. The van der Waals surface area contributed by atoms with Crippen LogP contribution in [0.15, 0.2) is 0 Å². The van der Waals surface area contributed by atoms with Crippen LogP contribution in [-0.2, 0) is 0 Å². The summed E-state index contributed by atoms with van der Waals surface area (Å²) in [6, 6.07) is 0. The Hall–Kier alpha value is 0. The lowest BCUT2D eigenvalue weighted by Crippen LogP contribution is -2.08. The molecular weight excluding hydrogens is 456 g/mol. The first kappa shape index (κ1) is 38.0. The first-order valence-corrected chi connectivity index (χ1v) is 18.7. The zero-order chi connectivity index (χ0) is 27.8. The number of hydrogen-bond acceptors (Lipinski definition) is 0. The van der Waals surface area contributed by atoms with Gasteiger partial charge in [-0.15, -0.1) is 0 Å². The van der Waals surface area contributed by atoms with E-state index in [1.807, 2.05) is 0 Å². The molecule has 0 rings (SSSR count). The van der Waals surface area contributed by atoms with Crippen molar-refractivity contribution in [3.05, 3.63) is 0 Å². The number of rotatable bonds is 33. The molecule has 0 nitrogen and oxygen atoms in total. The van der Waals surface area contributed by atoms with Crippen LogP contribution in [0.1, 0.15) is 233 Å². The van der Waals surface area contributed by atoms with E-state index in [-0.39, 0.29) is 0 Å². The average Bonchev–Trinajstić information content (AvgIpc) is 2.92. The Balaban J connectivity index is 3.26. The highest BCUT2D eigenvalue weighted by molar-refractivity contribution is 4.63. The molecule has 0 aliphatic rings. The van der Waals surface area contributed by atoms with Crippen molar-refractivity contribution in [2.75, 3.05) is 0 Å². The fraction of sp³-hybridized carbons (Fsp3) is 1.00. The van der Waals surface area contributed by atoms with Crippen molar-refractivity contribution < 1.29 is 0 Å². The van der Waals surface area contributed by atoms with Crippen molar-refractivity contribution in [1.29, 1.82) is 0 Å². The van der Waals surface area contributed by atoms with Crippen molar-refractivity contribution in [1.82, 2.24) is 0 Å². The van der Waals surface area contributed by atoms with E-state index in [1.165, 1.54) is 205 Å². The Morgan fingerprint density at radius 2 is 0.395 bits per heavy atom. The first-order chi connectivity index (χ1) is 18.7. The fourth-order valence-electron chi connectivity index (χ4n) is 6.24. The monoisotopic (exact) mass is 535 g/mol. The molecular formula is C38H78. The molecule has 0 amide bonds. The van der Waals surface area contributed by atoms with E-state index in [9.17, 15) is 0 Å². The standard InChI is InChI=1S/C38H78/c1-5-7-9-11-13-15-17-19-21-22-24-26-28-30-32-34-36-38(4)37(3)35-33-31-29-27-25-23-20-18-16-14-12-10-8-6-2/h37-38H,5-36H2,1-4H3. The van der Waals surface area contributed by atoms with Crippen molar-refractivity contribution in [2.45, 2.75) is 233 Å². The van der Waals surface area contributed by atoms with Gasteiger partial charge < -0.3 is 0 Å². The van der Waals surface area contributed by atoms with E-state index in [0.717, 1.165) is 11.8 Å². The van der Waals surface area contributed by atoms with Gasteiger partial charge in [-0.3, -0.25) is 0 Å². The summed E-state index contributed by atoms with van der Waals surface area (Å²) in [7, 11) is 0. The molecule has 0 saturated heterocycles. The van der Waals surface area contributed by atoms with Gasteiger partial charge in [0.1, 0.15) is 0 Å². The van der Waals surface area contributed by atoms with Crippen LogP contribution < -0.4 is 0 Å². The third kappa shape index (κ3) is 30.5. The third-order valence-corrected chi connectivity index (χ3v) is 9.50. The van der Waals surface area contributed by atoms with E-state index in [4.69, 9.17) is 0 Å². The van der Waals surface area contributed by atoms with E-state index in [0.29, 0.717) is 0 Å². The minimum atomic E-state index is 0.934. The van der Waals surface area contributed by atoms with Crippen molar-refractivity contribution in [3.63, 3.8) is 0 Å². The van der Waals surface area contributed by atoms with Gasteiger partial charge in [-0.05, 0) is 11.8 Å². The molecule has 0 spiro atoms. The molecule has 0 fully saturated rings. The maximum absolute atomic E-state index is 2.53. The lowest BCUT2D eigenvalue weighted by Gasteiger charge is -2.19. The van der Waals surface area contributed by atoms with Gasteiger partial charge in [-0.25, -0.2) is 0 Å². The molecule has 0 N–H and O–H groups in total. The smallest absolute Gasteiger partial charge is 0.0417 e. The number of unbranched alkanes of at least 4 members (excludes halogenated alkanes) is 28. The molecule has 0 aromatic heterocycles. The summed E-state index contributed by atoms with van der Waals surface area (Å²) < 4.78 is 0. The SMILES string of the molecule is CCCCCCCCCCCCCCCCCCC(C)C(C)CCCCCCCCCCCCCCCC. The second kappa shape index (κ2) is 33.2. The molecule has 0 saturated carbocycles. The van der Waals surface area contributed by atoms with Crippen LogP contribution >= 0.6 is 0 Å². The van der Waals surface area contributed by atoms with E-state index < -0.39 is 0 Å². The Labute approximate surface area is 244 Å². The quantitative estimate of drug-likeness (QED) is 0.0734. The lowest BCUT2D eigenvalue weighted by atomic mass is 9.86. The molecule has 0 bridgehead atoms. The Morgan fingerprint density at radius 3 is 0.579 bits per heavy atom. The minimum Gasteiger partial charge on any atom is -0.0654 e. The second-order valence-corrected chi connectivity index (χ2v) is 13.4. The zero-order valence-electron chi connectivity index (χ0n) is 27.8. The van der Waals surface area contributed by atoms with Crippen LogP contribution in [0.2, 0.25) is 0 Å². The Morgan fingerprint density at radius 1 is 0.237 bits per heavy atom. The molecule has 2 unspecified atom stereocenters. The van der Waals surface area contributed by atoms with Gasteiger partial charge in [0, 0.05) is 0 Å². The third-order valence-electron chi connectivity index (χ3n) is 9.50. The highest BCUT2D eigenvalue weighted by Gasteiger charge is 2.11. The first-order valence-electron chi connectivity index (χ1n) is 18.7. The predicted molar refractivity (Wildman–Crippen MR) is 177 cm³/mol. The maximum atomic E-state index is 2.53. The molecule has 0 aromatic carbocycles. The Bertz CT molecular complexity index is 399. The second-order valence-electron chi connectivity index (χ2n) is 13.4. The van der Waals surface area contributed by atoms with Crippen LogP contribution in [-0.4, -0.2) is 0 Å². The summed E-state index contributed by atoms with van der Waals surface area (Å²) in [5.41, 5.74) is 0.